The standard InChI is InChI=1S/C27H24Cl2N2S.BrH/c28-23-13-12-22(16-24(23)29)27(14-7-15-27)25-19-32-26(30-17-20-8-3-1-4-9-20)31(25)18-21-10-5-2-6-11-21;/h1-6,8-13,16,19H,7,14-15,17-18H2;1H/b30-26-;. The molecule has 6 heteroatoms. The van der Waals surface area contributed by atoms with Gasteiger partial charge in [0, 0.05) is 16.5 Å². The van der Waals surface area contributed by atoms with E-state index in [0.717, 1.165) is 24.2 Å². The molecule has 0 amide bonds. The summed E-state index contributed by atoms with van der Waals surface area (Å²) in [5.74, 6) is 0. The summed E-state index contributed by atoms with van der Waals surface area (Å²) in [5.41, 5.74) is 5.02. The monoisotopic (exact) mass is 558 g/mol. The first-order valence-electron chi connectivity index (χ1n) is 10.9. The van der Waals surface area contributed by atoms with Gasteiger partial charge in [0.2, 0.25) is 0 Å². The van der Waals surface area contributed by atoms with Gasteiger partial charge in [-0.2, -0.15) is 0 Å². The fourth-order valence-corrected chi connectivity index (χ4v) is 5.81. The normalized spacial score (nSPS) is 15.0. The van der Waals surface area contributed by atoms with Crippen LogP contribution < -0.4 is 4.80 Å². The molecule has 1 aliphatic carbocycles. The van der Waals surface area contributed by atoms with Crippen molar-refractivity contribution >= 4 is 51.5 Å². The minimum absolute atomic E-state index is 0. The summed E-state index contributed by atoms with van der Waals surface area (Å²) in [4.78, 5) is 6.08. The molecule has 0 bridgehead atoms. The average Bonchev–Trinajstić information content (AvgIpc) is 3.18. The third-order valence-corrected chi connectivity index (χ3v) is 8.03. The van der Waals surface area contributed by atoms with Gasteiger partial charge in [-0.05, 0) is 41.7 Å². The molecule has 0 saturated heterocycles. The van der Waals surface area contributed by atoms with Gasteiger partial charge in [-0.15, -0.1) is 28.3 Å². The highest BCUT2D eigenvalue weighted by atomic mass is 79.9. The fraction of sp³-hybridized carbons (Fsp3) is 0.222. The van der Waals surface area contributed by atoms with Gasteiger partial charge >= 0.3 is 0 Å². The Hall–Kier alpha value is -1.85. The Morgan fingerprint density at radius 2 is 1.52 bits per heavy atom. The van der Waals surface area contributed by atoms with Gasteiger partial charge in [0.05, 0.1) is 23.1 Å². The van der Waals surface area contributed by atoms with Gasteiger partial charge in [-0.3, -0.25) is 4.99 Å². The summed E-state index contributed by atoms with van der Waals surface area (Å²) in [6.07, 6.45) is 3.42. The summed E-state index contributed by atoms with van der Waals surface area (Å²) in [7, 11) is 0. The molecule has 1 heterocycles. The molecule has 0 unspecified atom stereocenters. The van der Waals surface area contributed by atoms with Crippen molar-refractivity contribution in [3.63, 3.8) is 0 Å². The number of aromatic nitrogens is 1. The van der Waals surface area contributed by atoms with Crippen molar-refractivity contribution in [2.45, 2.75) is 37.8 Å². The maximum absolute atomic E-state index is 6.43. The van der Waals surface area contributed by atoms with E-state index in [2.05, 4.69) is 70.6 Å². The Bertz CT molecular complexity index is 1280. The van der Waals surface area contributed by atoms with Crippen molar-refractivity contribution in [2.75, 3.05) is 0 Å². The molecular weight excluding hydrogens is 535 g/mol. The molecule has 0 N–H and O–H groups in total. The van der Waals surface area contributed by atoms with E-state index in [1.807, 2.05) is 18.2 Å². The Kier molecular flexibility index (Phi) is 7.80. The molecule has 5 rings (SSSR count). The smallest absolute Gasteiger partial charge is 0.185 e. The molecule has 4 aromatic rings. The van der Waals surface area contributed by atoms with Crippen molar-refractivity contribution in [3.8, 4) is 0 Å². The molecule has 0 spiro atoms. The Balaban J connectivity index is 0.00000259. The molecule has 170 valence electrons. The van der Waals surface area contributed by atoms with Crippen LogP contribution in [0, 0.1) is 0 Å². The zero-order valence-corrected chi connectivity index (χ0v) is 22.1. The minimum atomic E-state index is -0.0416. The van der Waals surface area contributed by atoms with Crippen LogP contribution in [0.2, 0.25) is 10.0 Å². The molecule has 3 aromatic carbocycles. The first-order chi connectivity index (χ1) is 15.7. The van der Waals surface area contributed by atoms with Crippen molar-refractivity contribution < 1.29 is 0 Å². The topological polar surface area (TPSA) is 17.3 Å². The van der Waals surface area contributed by atoms with Crippen LogP contribution >= 0.6 is 51.5 Å². The SMILES string of the molecule is Br.Clc1ccc(C2(c3cs/c(=N\Cc4ccccc4)n3Cc3ccccc3)CCC2)cc1Cl. The molecule has 2 nitrogen and oxygen atoms in total. The number of hydrogen-bond acceptors (Lipinski definition) is 2. The predicted octanol–water partition coefficient (Wildman–Crippen LogP) is 8.05. The van der Waals surface area contributed by atoms with Crippen molar-refractivity contribution in [3.05, 3.63) is 121 Å². The molecule has 1 aromatic heterocycles. The number of nitrogens with zero attached hydrogens (tertiary/aromatic N) is 2. The highest BCUT2D eigenvalue weighted by Crippen LogP contribution is 2.50. The third kappa shape index (κ3) is 5.00. The van der Waals surface area contributed by atoms with Crippen molar-refractivity contribution in [1.82, 2.24) is 4.57 Å². The van der Waals surface area contributed by atoms with E-state index in [1.54, 1.807) is 11.3 Å². The molecule has 1 fully saturated rings. The highest BCUT2D eigenvalue weighted by molar-refractivity contribution is 8.93. The largest absolute Gasteiger partial charge is 0.316 e. The van der Waals surface area contributed by atoms with Crippen LogP contribution in [0.4, 0.5) is 0 Å². The third-order valence-electron chi connectivity index (χ3n) is 6.39. The number of halogens is 3. The van der Waals surface area contributed by atoms with Crippen LogP contribution in [0.25, 0.3) is 0 Å². The van der Waals surface area contributed by atoms with Crippen LogP contribution in [0.3, 0.4) is 0 Å². The fourth-order valence-electron chi connectivity index (χ4n) is 4.51. The van der Waals surface area contributed by atoms with Crippen LogP contribution in [-0.2, 0) is 18.5 Å². The van der Waals surface area contributed by atoms with Gasteiger partial charge in [0.1, 0.15) is 0 Å². The Morgan fingerprint density at radius 1 is 0.848 bits per heavy atom. The summed E-state index contributed by atoms with van der Waals surface area (Å²) in [5, 5.41) is 3.52. The molecule has 0 radical (unpaired) electrons. The summed E-state index contributed by atoms with van der Waals surface area (Å²) < 4.78 is 2.41. The molecule has 0 atom stereocenters. The maximum Gasteiger partial charge on any atom is 0.185 e. The average molecular weight is 560 g/mol. The number of thiazole rings is 1. The lowest BCUT2D eigenvalue weighted by atomic mass is 9.62. The van der Waals surface area contributed by atoms with Crippen LogP contribution in [0.15, 0.2) is 89.2 Å². The Labute approximate surface area is 219 Å². The summed E-state index contributed by atoms with van der Waals surface area (Å²) in [6.45, 7) is 1.48. The van der Waals surface area contributed by atoms with E-state index in [1.165, 1.54) is 28.8 Å². The van der Waals surface area contributed by atoms with E-state index in [9.17, 15) is 0 Å². The quantitative estimate of drug-likeness (QED) is 0.227. The second-order valence-corrected chi connectivity index (χ2v) is 9.99. The molecule has 0 aliphatic heterocycles. The first kappa shape index (κ1) is 24.3. The first-order valence-corrected chi connectivity index (χ1v) is 12.5. The van der Waals surface area contributed by atoms with Crippen molar-refractivity contribution in [2.24, 2.45) is 4.99 Å². The molecule has 1 saturated carbocycles. The van der Waals surface area contributed by atoms with Gasteiger partial charge in [0.15, 0.2) is 4.80 Å². The maximum atomic E-state index is 6.43. The molecular formula is C27H25BrCl2N2S. The van der Waals surface area contributed by atoms with E-state index in [-0.39, 0.29) is 22.4 Å². The second kappa shape index (κ2) is 10.6. The van der Waals surface area contributed by atoms with E-state index in [4.69, 9.17) is 28.2 Å². The van der Waals surface area contributed by atoms with Crippen molar-refractivity contribution in [1.29, 1.82) is 0 Å². The second-order valence-electron chi connectivity index (χ2n) is 8.34. The zero-order chi connectivity index (χ0) is 22.0. The van der Waals surface area contributed by atoms with Crippen LogP contribution in [0.5, 0.6) is 0 Å². The zero-order valence-electron chi connectivity index (χ0n) is 18.1. The van der Waals surface area contributed by atoms with Crippen LogP contribution in [0.1, 0.15) is 41.6 Å². The van der Waals surface area contributed by atoms with Crippen LogP contribution in [-0.4, -0.2) is 4.57 Å². The minimum Gasteiger partial charge on any atom is -0.316 e. The number of rotatable bonds is 6. The predicted molar refractivity (Wildman–Crippen MR) is 145 cm³/mol. The van der Waals surface area contributed by atoms with E-state index < -0.39 is 0 Å². The lowest BCUT2D eigenvalue weighted by molar-refractivity contribution is 0.284. The summed E-state index contributed by atoms with van der Waals surface area (Å²) in [6, 6.07) is 27.2. The number of benzene rings is 3. The lowest BCUT2D eigenvalue weighted by Gasteiger charge is -2.43. The van der Waals surface area contributed by atoms with E-state index in [0.29, 0.717) is 16.6 Å². The Morgan fingerprint density at radius 3 is 2.12 bits per heavy atom. The van der Waals surface area contributed by atoms with E-state index >= 15 is 0 Å². The highest BCUT2D eigenvalue weighted by Gasteiger charge is 2.43. The molecule has 33 heavy (non-hydrogen) atoms. The van der Waals surface area contributed by atoms with Gasteiger partial charge < -0.3 is 4.57 Å². The van der Waals surface area contributed by atoms with Gasteiger partial charge in [-0.1, -0.05) is 96.4 Å². The number of hydrogen-bond donors (Lipinski definition) is 0. The lowest BCUT2D eigenvalue weighted by Crippen LogP contribution is -2.39. The summed E-state index contributed by atoms with van der Waals surface area (Å²) >= 11 is 14.4. The molecule has 1 aliphatic rings. The van der Waals surface area contributed by atoms with Gasteiger partial charge in [0.25, 0.3) is 0 Å². The van der Waals surface area contributed by atoms with Gasteiger partial charge in [-0.25, -0.2) is 0 Å².